The van der Waals surface area contributed by atoms with Gasteiger partial charge in [0.1, 0.15) is 5.82 Å². The van der Waals surface area contributed by atoms with Crippen LogP contribution in [-0.4, -0.2) is 35.4 Å². The molecule has 2 N–H and O–H groups in total. The maximum Gasteiger partial charge on any atom is 0.244 e. The minimum atomic E-state index is -0.472. The van der Waals surface area contributed by atoms with Gasteiger partial charge in [-0.25, -0.2) is 4.39 Å². The van der Waals surface area contributed by atoms with Crippen LogP contribution in [0.2, 0.25) is 5.02 Å². The largest absolute Gasteiger partial charge is 0.383 e. The number of methoxy groups -OCH3 is 1. The van der Waals surface area contributed by atoms with E-state index in [0.29, 0.717) is 30.6 Å². The van der Waals surface area contributed by atoms with E-state index < -0.39 is 5.82 Å². The lowest BCUT2D eigenvalue weighted by atomic mass is 10.3. The molecular weight excluding hydrogens is 285 g/mol. The standard InChI is InChI=1S/C12H13ClFN5O/c1-20-5-4-15-12-18-11(7-16-19-12)17-8-2-3-10(14)9(13)6-8/h2-3,6-7H,4-5H2,1H3,(H2,15,17,18,19). The van der Waals surface area contributed by atoms with E-state index >= 15 is 0 Å². The molecule has 0 atom stereocenters. The minimum absolute atomic E-state index is 0.0375. The van der Waals surface area contributed by atoms with E-state index in [-0.39, 0.29) is 5.02 Å². The second-order valence-electron chi connectivity index (χ2n) is 3.84. The summed E-state index contributed by atoms with van der Waals surface area (Å²) >= 11 is 5.71. The molecule has 0 fully saturated rings. The molecule has 0 unspecified atom stereocenters. The zero-order chi connectivity index (χ0) is 14.4. The molecule has 2 aromatic rings. The first-order chi connectivity index (χ1) is 9.69. The van der Waals surface area contributed by atoms with Gasteiger partial charge < -0.3 is 15.4 Å². The van der Waals surface area contributed by atoms with Crippen molar-refractivity contribution in [3.05, 3.63) is 35.2 Å². The van der Waals surface area contributed by atoms with E-state index in [4.69, 9.17) is 16.3 Å². The number of halogens is 2. The van der Waals surface area contributed by atoms with E-state index in [0.717, 1.165) is 0 Å². The number of hydrogen-bond donors (Lipinski definition) is 2. The van der Waals surface area contributed by atoms with Gasteiger partial charge in [0.15, 0.2) is 5.82 Å². The Labute approximate surface area is 120 Å². The van der Waals surface area contributed by atoms with Gasteiger partial charge in [0, 0.05) is 19.3 Å². The van der Waals surface area contributed by atoms with Gasteiger partial charge >= 0.3 is 0 Å². The van der Waals surface area contributed by atoms with Crippen molar-refractivity contribution in [1.29, 1.82) is 0 Å². The molecule has 1 heterocycles. The Balaban J connectivity index is 2.05. The molecule has 2 rings (SSSR count). The first-order valence-electron chi connectivity index (χ1n) is 5.83. The average Bonchev–Trinajstić information content (AvgIpc) is 2.44. The lowest BCUT2D eigenvalue weighted by molar-refractivity contribution is 0.210. The van der Waals surface area contributed by atoms with Crippen molar-refractivity contribution in [1.82, 2.24) is 15.2 Å². The SMILES string of the molecule is COCCNc1nncc(Nc2ccc(F)c(Cl)c2)n1. The van der Waals surface area contributed by atoms with Gasteiger partial charge in [-0.3, -0.25) is 0 Å². The van der Waals surface area contributed by atoms with E-state index in [1.807, 2.05) is 0 Å². The van der Waals surface area contributed by atoms with Gasteiger partial charge in [-0.15, -0.1) is 5.10 Å². The Morgan fingerprint density at radius 3 is 3.00 bits per heavy atom. The van der Waals surface area contributed by atoms with Crippen LogP contribution in [0.15, 0.2) is 24.4 Å². The van der Waals surface area contributed by atoms with Crippen LogP contribution in [0.4, 0.5) is 21.8 Å². The smallest absolute Gasteiger partial charge is 0.244 e. The number of benzene rings is 1. The number of nitrogens with zero attached hydrogens (tertiary/aromatic N) is 3. The monoisotopic (exact) mass is 297 g/mol. The third-order valence-electron chi connectivity index (χ3n) is 2.34. The Morgan fingerprint density at radius 1 is 1.40 bits per heavy atom. The van der Waals surface area contributed by atoms with Crippen LogP contribution in [-0.2, 0) is 4.74 Å². The van der Waals surface area contributed by atoms with E-state index in [2.05, 4.69) is 25.8 Å². The molecule has 0 bridgehead atoms. The lowest BCUT2D eigenvalue weighted by Crippen LogP contribution is -2.11. The molecule has 8 heteroatoms. The average molecular weight is 298 g/mol. The van der Waals surface area contributed by atoms with E-state index in [1.165, 1.54) is 18.3 Å². The van der Waals surface area contributed by atoms with Crippen molar-refractivity contribution in [3.8, 4) is 0 Å². The zero-order valence-corrected chi connectivity index (χ0v) is 11.5. The van der Waals surface area contributed by atoms with Crippen molar-refractivity contribution in [2.75, 3.05) is 30.9 Å². The van der Waals surface area contributed by atoms with Crippen LogP contribution in [0.3, 0.4) is 0 Å². The summed E-state index contributed by atoms with van der Waals surface area (Å²) < 4.78 is 18.0. The Kier molecular flexibility index (Phi) is 5.03. The maximum absolute atomic E-state index is 13.1. The van der Waals surface area contributed by atoms with Gasteiger partial charge in [-0.2, -0.15) is 10.1 Å². The molecule has 6 nitrogen and oxygen atoms in total. The zero-order valence-electron chi connectivity index (χ0n) is 10.7. The first-order valence-corrected chi connectivity index (χ1v) is 6.21. The summed E-state index contributed by atoms with van der Waals surface area (Å²) in [5, 5.41) is 13.6. The first kappa shape index (κ1) is 14.4. The maximum atomic E-state index is 13.1. The summed E-state index contributed by atoms with van der Waals surface area (Å²) in [5.41, 5.74) is 0.611. The fourth-order valence-corrected chi connectivity index (χ4v) is 1.61. The van der Waals surface area contributed by atoms with Crippen LogP contribution < -0.4 is 10.6 Å². The molecule has 0 aliphatic heterocycles. The van der Waals surface area contributed by atoms with Crippen LogP contribution in [0.5, 0.6) is 0 Å². The number of hydrogen-bond acceptors (Lipinski definition) is 6. The van der Waals surface area contributed by atoms with Crippen molar-refractivity contribution >= 4 is 29.1 Å². The molecule has 0 saturated carbocycles. The quantitative estimate of drug-likeness (QED) is 0.798. The van der Waals surface area contributed by atoms with Crippen molar-refractivity contribution in [2.24, 2.45) is 0 Å². The molecule has 0 aliphatic carbocycles. The molecule has 20 heavy (non-hydrogen) atoms. The number of ether oxygens (including phenoxy) is 1. The summed E-state index contributed by atoms with van der Waals surface area (Å²) in [6.07, 6.45) is 1.46. The summed E-state index contributed by atoms with van der Waals surface area (Å²) in [6.45, 7) is 1.11. The van der Waals surface area contributed by atoms with Gasteiger partial charge in [-0.1, -0.05) is 11.6 Å². The van der Waals surface area contributed by atoms with E-state index in [1.54, 1.807) is 13.2 Å². The number of nitrogens with one attached hydrogen (secondary N) is 2. The highest BCUT2D eigenvalue weighted by molar-refractivity contribution is 6.31. The molecular formula is C12H13ClFN5O. The second kappa shape index (κ2) is 6.97. The molecule has 0 spiro atoms. The number of rotatable bonds is 6. The van der Waals surface area contributed by atoms with Gasteiger partial charge in [0.05, 0.1) is 17.8 Å². The molecule has 0 radical (unpaired) electrons. The molecule has 0 amide bonds. The Hall–Kier alpha value is -1.99. The Morgan fingerprint density at radius 2 is 2.25 bits per heavy atom. The van der Waals surface area contributed by atoms with Gasteiger partial charge in [-0.05, 0) is 18.2 Å². The highest BCUT2D eigenvalue weighted by Crippen LogP contribution is 2.21. The summed E-state index contributed by atoms with van der Waals surface area (Å²) in [4.78, 5) is 4.20. The fourth-order valence-electron chi connectivity index (χ4n) is 1.43. The minimum Gasteiger partial charge on any atom is -0.383 e. The summed E-state index contributed by atoms with van der Waals surface area (Å²) in [7, 11) is 1.61. The summed E-state index contributed by atoms with van der Waals surface area (Å²) in [6, 6.07) is 4.30. The van der Waals surface area contributed by atoms with Crippen LogP contribution in [0.1, 0.15) is 0 Å². The molecule has 1 aromatic heterocycles. The van der Waals surface area contributed by atoms with Crippen molar-refractivity contribution in [2.45, 2.75) is 0 Å². The predicted octanol–water partition coefficient (Wildman–Crippen LogP) is 2.47. The second-order valence-corrected chi connectivity index (χ2v) is 4.25. The highest BCUT2D eigenvalue weighted by Gasteiger charge is 2.04. The molecule has 0 saturated heterocycles. The third-order valence-corrected chi connectivity index (χ3v) is 2.63. The molecule has 106 valence electrons. The number of anilines is 3. The van der Waals surface area contributed by atoms with Crippen LogP contribution >= 0.6 is 11.6 Å². The highest BCUT2D eigenvalue weighted by atomic mass is 35.5. The third kappa shape index (κ3) is 4.01. The topological polar surface area (TPSA) is 72.0 Å². The van der Waals surface area contributed by atoms with E-state index in [9.17, 15) is 4.39 Å². The lowest BCUT2D eigenvalue weighted by Gasteiger charge is -2.07. The Bertz CT molecular complexity index is 584. The van der Waals surface area contributed by atoms with Gasteiger partial charge in [0.25, 0.3) is 0 Å². The van der Waals surface area contributed by atoms with Crippen LogP contribution in [0, 0.1) is 5.82 Å². The van der Waals surface area contributed by atoms with Gasteiger partial charge in [0.2, 0.25) is 5.95 Å². The predicted molar refractivity (Wildman–Crippen MR) is 74.9 cm³/mol. The molecule has 1 aromatic carbocycles. The van der Waals surface area contributed by atoms with Crippen LogP contribution in [0.25, 0.3) is 0 Å². The number of aromatic nitrogens is 3. The molecule has 0 aliphatic rings. The van der Waals surface area contributed by atoms with Crippen molar-refractivity contribution < 1.29 is 9.13 Å². The summed E-state index contributed by atoms with van der Waals surface area (Å²) in [5.74, 6) is 0.378. The van der Waals surface area contributed by atoms with Crippen molar-refractivity contribution in [3.63, 3.8) is 0 Å². The fraction of sp³-hybridized carbons (Fsp3) is 0.250. The normalized spacial score (nSPS) is 10.3.